The maximum atomic E-state index is 12.2. The van der Waals surface area contributed by atoms with Gasteiger partial charge in [0.05, 0.1) is 0 Å². The van der Waals surface area contributed by atoms with E-state index in [2.05, 4.69) is 16.0 Å². The Bertz CT molecular complexity index is 566. The molecule has 1 aliphatic carbocycles. The van der Waals surface area contributed by atoms with Gasteiger partial charge in [-0.2, -0.15) is 0 Å². The molecule has 0 heterocycles. The second kappa shape index (κ2) is 8.62. The van der Waals surface area contributed by atoms with E-state index in [-0.39, 0.29) is 16.9 Å². The summed E-state index contributed by atoms with van der Waals surface area (Å²) in [4.78, 5) is 23.5. The number of thiocarbonyl (C=S) groups is 1. The second-order valence-electron chi connectivity index (χ2n) is 5.74. The third-order valence-electron chi connectivity index (χ3n) is 3.92. The fourth-order valence-electron chi connectivity index (χ4n) is 2.60. The van der Waals surface area contributed by atoms with Gasteiger partial charge in [0, 0.05) is 23.7 Å². The molecule has 124 valence electrons. The standard InChI is InChI=1S/C17H23N3O2S/c1-2-15(21)20-17(23)19-14-10-8-12(9-11-14)16(22)18-13-6-4-3-5-7-13/h8-11,13H,2-7H2,1H3,(H,18,22)(H2,19,20,21,23). The summed E-state index contributed by atoms with van der Waals surface area (Å²) < 4.78 is 0. The average Bonchev–Trinajstić information content (AvgIpc) is 2.56. The Morgan fingerprint density at radius 2 is 1.78 bits per heavy atom. The van der Waals surface area contributed by atoms with Crippen molar-refractivity contribution in [3.63, 3.8) is 0 Å². The van der Waals surface area contributed by atoms with E-state index in [0.29, 0.717) is 18.0 Å². The van der Waals surface area contributed by atoms with Gasteiger partial charge in [0.2, 0.25) is 5.91 Å². The largest absolute Gasteiger partial charge is 0.349 e. The highest BCUT2D eigenvalue weighted by molar-refractivity contribution is 7.80. The Balaban J connectivity index is 1.87. The highest BCUT2D eigenvalue weighted by atomic mass is 32.1. The van der Waals surface area contributed by atoms with Crippen molar-refractivity contribution in [1.82, 2.24) is 10.6 Å². The zero-order chi connectivity index (χ0) is 16.7. The number of hydrogen-bond donors (Lipinski definition) is 3. The van der Waals surface area contributed by atoms with Crippen LogP contribution in [0.2, 0.25) is 0 Å². The number of nitrogens with one attached hydrogen (secondary N) is 3. The lowest BCUT2D eigenvalue weighted by Gasteiger charge is -2.22. The van der Waals surface area contributed by atoms with Crippen LogP contribution in [-0.4, -0.2) is 23.0 Å². The molecule has 0 aromatic heterocycles. The normalized spacial score (nSPS) is 14.8. The van der Waals surface area contributed by atoms with E-state index >= 15 is 0 Å². The summed E-state index contributed by atoms with van der Waals surface area (Å²) >= 11 is 5.05. The summed E-state index contributed by atoms with van der Waals surface area (Å²) in [6, 6.07) is 7.36. The smallest absolute Gasteiger partial charge is 0.251 e. The molecule has 2 amide bonds. The predicted molar refractivity (Wildman–Crippen MR) is 95.4 cm³/mol. The van der Waals surface area contributed by atoms with Crippen LogP contribution in [0.4, 0.5) is 5.69 Å². The highest BCUT2D eigenvalue weighted by Gasteiger charge is 2.16. The van der Waals surface area contributed by atoms with Crippen LogP contribution in [0.1, 0.15) is 55.8 Å². The van der Waals surface area contributed by atoms with Gasteiger partial charge in [-0.25, -0.2) is 0 Å². The summed E-state index contributed by atoms with van der Waals surface area (Å²) in [6.45, 7) is 1.76. The van der Waals surface area contributed by atoms with Crippen LogP contribution in [0.15, 0.2) is 24.3 Å². The fourth-order valence-corrected chi connectivity index (χ4v) is 2.83. The Morgan fingerprint density at radius 1 is 1.13 bits per heavy atom. The van der Waals surface area contributed by atoms with Gasteiger partial charge >= 0.3 is 0 Å². The Labute approximate surface area is 142 Å². The van der Waals surface area contributed by atoms with Gasteiger partial charge in [0.25, 0.3) is 5.91 Å². The van der Waals surface area contributed by atoms with Gasteiger partial charge in [-0.05, 0) is 49.3 Å². The highest BCUT2D eigenvalue weighted by Crippen LogP contribution is 2.18. The van der Waals surface area contributed by atoms with Crippen molar-refractivity contribution in [2.24, 2.45) is 0 Å². The molecule has 6 heteroatoms. The maximum Gasteiger partial charge on any atom is 0.251 e. The molecule has 3 N–H and O–H groups in total. The van der Waals surface area contributed by atoms with Crippen LogP contribution in [0.25, 0.3) is 0 Å². The third kappa shape index (κ3) is 5.63. The predicted octanol–water partition coefficient (Wildman–Crippen LogP) is 2.97. The molecule has 0 bridgehead atoms. The Hall–Kier alpha value is -1.95. The maximum absolute atomic E-state index is 12.2. The van der Waals surface area contributed by atoms with Crippen LogP contribution in [-0.2, 0) is 4.79 Å². The lowest BCUT2D eigenvalue weighted by Crippen LogP contribution is -2.36. The SMILES string of the molecule is CCC(=O)NC(=S)Nc1ccc(C(=O)NC2CCCCC2)cc1. The van der Waals surface area contributed by atoms with E-state index in [9.17, 15) is 9.59 Å². The summed E-state index contributed by atoms with van der Waals surface area (Å²) in [6.07, 6.45) is 6.15. The summed E-state index contributed by atoms with van der Waals surface area (Å²) in [5.41, 5.74) is 1.37. The minimum atomic E-state index is -0.133. The molecular weight excluding hydrogens is 310 g/mol. The van der Waals surface area contributed by atoms with E-state index in [1.165, 1.54) is 19.3 Å². The average molecular weight is 333 g/mol. The monoisotopic (exact) mass is 333 g/mol. The van der Waals surface area contributed by atoms with E-state index in [0.717, 1.165) is 18.5 Å². The van der Waals surface area contributed by atoms with Crippen molar-refractivity contribution in [3.05, 3.63) is 29.8 Å². The van der Waals surface area contributed by atoms with E-state index in [4.69, 9.17) is 12.2 Å². The molecule has 1 fully saturated rings. The molecule has 1 aromatic carbocycles. The molecule has 5 nitrogen and oxygen atoms in total. The van der Waals surface area contributed by atoms with Gasteiger partial charge in [0.1, 0.15) is 0 Å². The Kier molecular flexibility index (Phi) is 6.52. The minimum absolute atomic E-state index is 0.0367. The number of carbonyl (C=O) groups is 2. The van der Waals surface area contributed by atoms with Crippen LogP contribution in [0.5, 0.6) is 0 Å². The van der Waals surface area contributed by atoms with Crippen LogP contribution in [0, 0.1) is 0 Å². The number of carbonyl (C=O) groups excluding carboxylic acids is 2. The first-order chi connectivity index (χ1) is 11.1. The summed E-state index contributed by atoms with van der Waals surface area (Å²) in [5, 5.41) is 8.84. The fraction of sp³-hybridized carbons (Fsp3) is 0.471. The van der Waals surface area contributed by atoms with Gasteiger partial charge < -0.3 is 16.0 Å². The van der Waals surface area contributed by atoms with Crippen LogP contribution < -0.4 is 16.0 Å². The van der Waals surface area contributed by atoms with Gasteiger partial charge in [-0.15, -0.1) is 0 Å². The first-order valence-corrected chi connectivity index (χ1v) is 8.51. The third-order valence-corrected chi connectivity index (χ3v) is 4.12. The molecule has 2 rings (SSSR count). The molecule has 0 atom stereocenters. The number of amides is 2. The molecule has 1 saturated carbocycles. The molecule has 23 heavy (non-hydrogen) atoms. The molecule has 0 spiro atoms. The molecule has 0 unspecified atom stereocenters. The van der Waals surface area contributed by atoms with Crippen molar-refractivity contribution in [2.45, 2.75) is 51.5 Å². The summed E-state index contributed by atoms with van der Waals surface area (Å²) in [7, 11) is 0. The van der Waals surface area contributed by atoms with Gasteiger partial charge in [0.15, 0.2) is 5.11 Å². The molecule has 0 saturated heterocycles. The number of benzene rings is 1. The lowest BCUT2D eigenvalue weighted by molar-refractivity contribution is -0.119. The zero-order valence-electron chi connectivity index (χ0n) is 13.4. The van der Waals surface area contributed by atoms with Crippen molar-refractivity contribution in [2.75, 3.05) is 5.32 Å². The number of rotatable bonds is 4. The van der Waals surface area contributed by atoms with Crippen molar-refractivity contribution >= 4 is 34.8 Å². The van der Waals surface area contributed by atoms with Crippen molar-refractivity contribution < 1.29 is 9.59 Å². The molecule has 1 aromatic rings. The number of hydrogen-bond acceptors (Lipinski definition) is 3. The van der Waals surface area contributed by atoms with Crippen molar-refractivity contribution in [3.8, 4) is 0 Å². The first-order valence-electron chi connectivity index (χ1n) is 8.10. The number of anilines is 1. The lowest BCUT2D eigenvalue weighted by atomic mass is 9.95. The second-order valence-corrected chi connectivity index (χ2v) is 6.15. The van der Waals surface area contributed by atoms with E-state index in [1.54, 1.807) is 31.2 Å². The molecule has 1 aliphatic rings. The molecule has 0 radical (unpaired) electrons. The molecular formula is C17H23N3O2S. The zero-order valence-corrected chi connectivity index (χ0v) is 14.2. The molecule has 0 aliphatic heterocycles. The van der Waals surface area contributed by atoms with Crippen LogP contribution in [0.3, 0.4) is 0 Å². The van der Waals surface area contributed by atoms with E-state index < -0.39 is 0 Å². The first kappa shape index (κ1) is 17.4. The van der Waals surface area contributed by atoms with Gasteiger partial charge in [-0.3, -0.25) is 9.59 Å². The topological polar surface area (TPSA) is 70.2 Å². The van der Waals surface area contributed by atoms with Gasteiger partial charge in [-0.1, -0.05) is 26.2 Å². The minimum Gasteiger partial charge on any atom is -0.349 e. The summed E-state index contributed by atoms with van der Waals surface area (Å²) in [5.74, 6) is -0.170. The quantitative estimate of drug-likeness (QED) is 0.741. The van der Waals surface area contributed by atoms with Crippen molar-refractivity contribution in [1.29, 1.82) is 0 Å². The van der Waals surface area contributed by atoms with Crippen LogP contribution >= 0.6 is 12.2 Å². The Morgan fingerprint density at radius 3 is 2.39 bits per heavy atom. The van der Waals surface area contributed by atoms with E-state index in [1.807, 2.05) is 0 Å².